The highest BCUT2D eigenvalue weighted by Gasteiger charge is 2.18. The number of carbonyl (C=O) groups is 2. The molecule has 0 bridgehead atoms. The van der Waals surface area contributed by atoms with Crippen LogP contribution in [0, 0.1) is 5.92 Å². The van der Waals surface area contributed by atoms with E-state index in [1.54, 1.807) is 0 Å². The number of quaternary nitrogens is 2. The maximum absolute atomic E-state index is 11.8. The number of hydrogen-bond acceptors (Lipinski definition) is 3. The lowest BCUT2D eigenvalue weighted by molar-refractivity contribution is -0.862. The standard InChI is InChI=1S/C17H36N2O3/c1-8-15(14-22-17(21)13-19(5,6)7)10-9-11-16(20)12-18(2,3)4/h15H,8-14H2,1-7H3/q+2. The Hall–Kier alpha value is -0.940. The number of carbonyl (C=O) groups excluding carboxylic acids is 2. The highest BCUT2D eigenvalue weighted by Crippen LogP contribution is 2.14. The molecule has 0 aromatic carbocycles. The van der Waals surface area contributed by atoms with E-state index in [1.807, 2.05) is 42.3 Å². The van der Waals surface area contributed by atoms with Gasteiger partial charge in [0.1, 0.15) is 6.54 Å². The molecule has 5 heteroatoms. The largest absolute Gasteiger partial charge is 0.461 e. The molecule has 0 aromatic heterocycles. The van der Waals surface area contributed by atoms with Crippen molar-refractivity contribution in [2.75, 3.05) is 62.0 Å². The van der Waals surface area contributed by atoms with Crippen LogP contribution in [0.1, 0.15) is 32.6 Å². The van der Waals surface area contributed by atoms with Crippen LogP contribution < -0.4 is 0 Å². The van der Waals surface area contributed by atoms with E-state index < -0.39 is 0 Å². The van der Waals surface area contributed by atoms with E-state index in [-0.39, 0.29) is 5.97 Å². The average Bonchev–Trinajstić information content (AvgIpc) is 2.28. The number of ketones is 1. The molecule has 0 heterocycles. The molecule has 5 nitrogen and oxygen atoms in total. The average molecular weight is 316 g/mol. The molecule has 130 valence electrons. The lowest BCUT2D eigenvalue weighted by Gasteiger charge is -2.23. The summed E-state index contributed by atoms with van der Waals surface area (Å²) in [6.07, 6.45) is 3.42. The van der Waals surface area contributed by atoms with Crippen LogP contribution in [0.3, 0.4) is 0 Å². The van der Waals surface area contributed by atoms with E-state index in [9.17, 15) is 9.59 Å². The third kappa shape index (κ3) is 12.8. The molecule has 0 spiro atoms. The molecule has 0 aromatic rings. The number of likely N-dealkylation sites (N-methyl/N-ethyl adjacent to an activating group) is 2. The summed E-state index contributed by atoms with van der Waals surface area (Å²) in [5.74, 6) is 0.518. The topological polar surface area (TPSA) is 43.4 Å². The summed E-state index contributed by atoms with van der Waals surface area (Å²) in [6, 6.07) is 0. The van der Waals surface area contributed by atoms with Gasteiger partial charge in [-0.05, 0) is 18.8 Å². The van der Waals surface area contributed by atoms with Crippen LogP contribution in [0.2, 0.25) is 0 Å². The fourth-order valence-corrected chi connectivity index (χ4v) is 2.25. The third-order valence-electron chi connectivity index (χ3n) is 3.38. The molecule has 1 unspecified atom stereocenters. The van der Waals surface area contributed by atoms with Gasteiger partial charge in [0, 0.05) is 6.42 Å². The minimum Gasteiger partial charge on any atom is -0.461 e. The Balaban J connectivity index is 3.98. The summed E-state index contributed by atoms with van der Waals surface area (Å²) < 4.78 is 6.62. The van der Waals surface area contributed by atoms with Crippen LogP contribution >= 0.6 is 0 Å². The Morgan fingerprint density at radius 2 is 1.50 bits per heavy atom. The van der Waals surface area contributed by atoms with Crippen LogP contribution in [-0.4, -0.2) is 82.7 Å². The van der Waals surface area contributed by atoms with Crippen molar-refractivity contribution in [1.82, 2.24) is 0 Å². The van der Waals surface area contributed by atoms with Crippen molar-refractivity contribution in [3.05, 3.63) is 0 Å². The number of nitrogens with zero attached hydrogens (tertiary/aromatic N) is 2. The normalized spacial score (nSPS) is 13.8. The smallest absolute Gasteiger partial charge is 0.361 e. The molecule has 0 saturated carbocycles. The first-order valence-corrected chi connectivity index (χ1v) is 8.21. The predicted molar refractivity (Wildman–Crippen MR) is 89.4 cm³/mol. The molecule has 0 saturated heterocycles. The Morgan fingerprint density at radius 3 is 1.95 bits per heavy atom. The fourth-order valence-electron chi connectivity index (χ4n) is 2.25. The van der Waals surface area contributed by atoms with Crippen molar-refractivity contribution in [2.24, 2.45) is 5.92 Å². The summed E-state index contributed by atoms with van der Waals surface area (Å²) in [6.45, 7) is 3.54. The predicted octanol–water partition coefficient (Wildman–Crippen LogP) is 1.71. The number of esters is 1. The van der Waals surface area contributed by atoms with E-state index in [1.165, 1.54) is 0 Å². The highest BCUT2D eigenvalue weighted by molar-refractivity contribution is 5.79. The molecule has 0 radical (unpaired) electrons. The van der Waals surface area contributed by atoms with Crippen molar-refractivity contribution in [3.63, 3.8) is 0 Å². The summed E-state index contributed by atoms with van der Waals surface area (Å²) in [4.78, 5) is 23.6. The van der Waals surface area contributed by atoms with Gasteiger partial charge in [0.25, 0.3) is 0 Å². The van der Waals surface area contributed by atoms with Gasteiger partial charge >= 0.3 is 5.97 Å². The Kier molecular flexibility index (Phi) is 8.86. The van der Waals surface area contributed by atoms with Gasteiger partial charge in [-0.15, -0.1) is 0 Å². The first-order chi connectivity index (χ1) is 9.93. The molecular weight excluding hydrogens is 280 g/mol. The van der Waals surface area contributed by atoms with Crippen molar-refractivity contribution in [1.29, 1.82) is 0 Å². The van der Waals surface area contributed by atoms with E-state index in [0.717, 1.165) is 19.3 Å². The second kappa shape index (κ2) is 9.26. The third-order valence-corrected chi connectivity index (χ3v) is 3.38. The van der Waals surface area contributed by atoms with Crippen molar-refractivity contribution >= 4 is 11.8 Å². The lowest BCUT2D eigenvalue weighted by atomic mass is 9.99. The molecule has 0 rings (SSSR count). The molecular formula is C17H36N2O3+2. The monoisotopic (exact) mass is 316 g/mol. The second-order valence-corrected chi connectivity index (χ2v) is 8.29. The van der Waals surface area contributed by atoms with Gasteiger partial charge in [0.2, 0.25) is 0 Å². The first-order valence-electron chi connectivity index (χ1n) is 8.21. The molecule has 0 aliphatic carbocycles. The minimum absolute atomic E-state index is 0.146. The van der Waals surface area contributed by atoms with Gasteiger partial charge in [0.05, 0.1) is 48.9 Å². The van der Waals surface area contributed by atoms with E-state index in [2.05, 4.69) is 6.92 Å². The van der Waals surface area contributed by atoms with E-state index in [4.69, 9.17) is 4.74 Å². The Labute approximate surface area is 136 Å². The molecule has 1 atom stereocenters. The number of rotatable bonds is 11. The van der Waals surface area contributed by atoms with Gasteiger partial charge in [-0.3, -0.25) is 4.79 Å². The minimum atomic E-state index is -0.146. The summed E-state index contributed by atoms with van der Waals surface area (Å²) in [5.41, 5.74) is 0. The first kappa shape index (κ1) is 21.1. The van der Waals surface area contributed by atoms with Gasteiger partial charge in [-0.1, -0.05) is 13.3 Å². The van der Waals surface area contributed by atoms with Gasteiger partial charge in [-0.25, -0.2) is 4.79 Å². The molecule has 0 fully saturated rings. The zero-order valence-corrected chi connectivity index (χ0v) is 15.6. The second-order valence-electron chi connectivity index (χ2n) is 8.29. The number of ether oxygens (including phenoxy) is 1. The zero-order valence-electron chi connectivity index (χ0n) is 15.6. The maximum atomic E-state index is 11.8. The summed E-state index contributed by atoms with van der Waals surface area (Å²) in [5, 5.41) is 0. The number of hydrogen-bond donors (Lipinski definition) is 0. The van der Waals surface area contributed by atoms with Gasteiger partial charge in [0.15, 0.2) is 12.3 Å². The summed E-state index contributed by atoms with van der Waals surface area (Å²) >= 11 is 0. The van der Waals surface area contributed by atoms with Crippen molar-refractivity contribution in [2.45, 2.75) is 32.6 Å². The Bertz CT molecular complexity index is 354. The maximum Gasteiger partial charge on any atom is 0.361 e. The molecule has 0 aliphatic heterocycles. The van der Waals surface area contributed by atoms with Crippen LogP contribution in [-0.2, 0) is 14.3 Å². The quantitative estimate of drug-likeness (QED) is 0.430. The number of Topliss-reactive ketones (excluding diaryl/α,β-unsaturated/α-hetero) is 1. The highest BCUT2D eigenvalue weighted by atomic mass is 16.5. The van der Waals surface area contributed by atoms with Crippen LogP contribution in [0.4, 0.5) is 0 Å². The van der Waals surface area contributed by atoms with Crippen molar-refractivity contribution < 1.29 is 23.3 Å². The summed E-state index contributed by atoms with van der Waals surface area (Å²) in [7, 11) is 12.0. The van der Waals surface area contributed by atoms with Crippen LogP contribution in [0.15, 0.2) is 0 Å². The van der Waals surface area contributed by atoms with Gasteiger partial charge < -0.3 is 13.7 Å². The SMILES string of the molecule is CCC(CCCC(=O)C[N+](C)(C)C)COC(=O)C[N+](C)(C)C. The van der Waals surface area contributed by atoms with Gasteiger partial charge in [-0.2, -0.15) is 0 Å². The van der Waals surface area contributed by atoms with E-state index >= 15 is 0 Å². The van der Waals surface area contributed by atoms with Crippen LogP contribution in [0.25, 0.3) is 0 Å². The molecule has 0 amide bonds. The molecule has 22 heavy (non-hydrogen) atoms. The van der Waals surface area contributed by atoms with Crippen molar-refractivity contribution in [3.8, 4) is 0 Å². The fraction of sp³-hybridized carbons (Fsp3) is 0.882. The van der Waals surface area contributed by atoms with E-state index in [0.29, 0.717) is 46.8 Å². The molecule has 0 N–H and O–H groups in total. The molecule has 0 aliphatic rings. The zero-order chi connectivity index (χ0) is 17.4. The Morgan fingerprint density at radius 1 is 0.955 bits per heavy atom. The lowest BCUT2D eigenvalue weighted by Crippen LogP contribution is -2.40. The van der Waals surface area contributed by atoms with Crippen LogP contribution in [0.5, 0.6) is 0 Å².